The second-order valence-electron chi connectivity index (χ2n) is 3.96. The number of nitrogens with one attached hydrogen (secondary N) is 1. The number of hydrogen-bond donors (Lipinski definition) is 2. The molecule has 0 bridgehead atoms. The Kier molecular flexibility index (Phi) is 4.70. The number of rotatable bonds is 4. The molecule has 0 radical (unpaired) electrons. The average molecular weight is 187 g/mol. The van der Waals surface area contributed by atoms with Crippen LogP contribution in [0.5, 0.6) is 0 Å². The SMILES string of the molecule is C[C@@H]1CC(NCCCO)C[C@H](C)O1. The van der Waals surface area contributed by atoms with Crippen molar-refractivity contribution in [2.75, 3.05) is 13.2 Å². The first-order valence-electron chi connectivity index (χ1n) is 5.22. The van der Waals surface area contributed by atoms with Gasteiger partial charge in [-0.2, -0.15) is 0 Å². The second kappa shape index (κ2) is 5.58. The van der Waals surface area contributed by atoms with E-state index in [0.717, 1.165) is 25.8 Å². The van der Waals surface area contributed by atoms with Crippen molar-refractivity contribution in [3.63, 3.8) is 0 Å². The first-order valence-corrected chi connectivity index (χ1v) is 5.22. The lowest BCUT2D eigenvalue weighted by Crippen LogP contribution is -2.41. The summed E-state index contributed by atoms with van der Waals surface area (Å²) < 4.78 is 5.63. The minimum absolute atomic E-state index is 0.279. The van der Waals surface area contributed by atoms with Crippen molar-refractivity contribution in [1.29, 1.82) is 0 Å². The number of aliphatic hydroxyl groups excluding tert-OH is 1. The molecule has 0 saturated carbocycles. The van der Waals surface area contributed by atoms with E-state index in [-0.39, 0.29) is 6.61 Å². The zero-order valence-corrected chi connectivity index (χ0v) is 8.62. The van der Waals surface area contributed by atoms with Gasteiger partial charge in [-0.25, -0.2) is 0 Å². The molecule has 0 aromatic rings. The predicted octanol–water partition coefficient (Wildman–Crippen LogP) is 0.914. The molecule has 1 aliphatic heterocycles. The minimum Gasteiger partial charge on any atom is -0.396 e. The van der Waals surface area contributed by atoms with Gasteiger partial charge < -0.3 is 15.2 Å². The summed E-state index contributed by atoms with van der Waals surface area (Å²) in [6, 6.07) is 0.574. The van der Waals surface area contributed by atoms with Gasteiger partial charge in [0.15, 0.2) is 0 Å². The molecular formula is C10H21NO2. The van der Waals surface area contributed by atoms with Crippen LogP contribution in [-0.4, -0.2) is 36.5 Å². The molecule has 2 N–H and O–H groups in total. The van der Waals surface area contributed by atoms with E-state index in [1.165, 1.54) is 0 Å². The first kappa shape index (κ1) is 11.0. The molecule has 3 heteroatoms. The lowest BCUT2D eigenvalue weighted by molar-refractivity contribution is -0.0420. The van der Waals surface area contributed by atoms with Gasteiger partial charge in [0.25, 0.3) is 0 Å². The van der Waals surface area contributed by atoms with E-state index in [2.05, 4.69) is 19.2 Å². The van der Waals surface area contributed by atoms with Crippen LogP contribution in [0.1, 0.15) is 33.1 Å². The highest BCUT2D eigenvalue weighted by molar-refractivity contribution is 4.78. The van der Waals surface area contributed by atoms with Crippen LogP contribution in [0.2, 0.25) is 0 Å². The Bertz CT molecular complexity index is 131. The molecule has 0 aromatic heterocycles. The van der Waals surface area contributed by atoms with Crippen molar-refractivity contribution in [2.45, 2.75) is 51.4 Å². The van der Waals surface area contributed by atoms with Gasteiger partial charge in [-0.3, -0.25) is 0 Å². The largest absolute Gasteiger partial charge is 0.396 e. The van der Waals surface area contributed by atoms with E-state index in [4.69, 9.17) is 9.84 Å². The number of hydrogen-bond acceptors (Lipinski definition) is 3. The summed E-state index contributed by atoms with van der Waals surface area (Å²) in [5.41, 5.74) is 0. The van der Waals surface area contributed by atoms with Gasteiger partial charge in [0, 0.05) is 12.6 Å². The van der Waals surface area contributed by atoms with Crippen LogP contribution in [0, 0.1) is 0 Å². The first-order chi connectivity index (χ1) is 6.22. The van der Waals surface area contributed by atoms with Gasteiger partial charge in [0.1, 0.15) is 0 Å². The Labute approximate surface area is 80.5 Å². The standard InChI is InChI=1S/C10H21NO2/c1-8-6-10(7-9(2)13-8)11-4-3-5-12/h8-12H,3-7H2,1-2H3/t8-,9+,10?. The molecule has 0 aromatic carbocycles. The third-order valence-corrected chi connectivity index (χ3v) is 2.47. The fourth-order valence-electron chi connectivity index (χ4n) is 1.96. The third-order valence-electron chi connectivity index (χ3n) is 2.47. The smallest absolute Gasteiger partial charge is 0.0565 e. The Hall–Kier alpha value is -0.120. The average Bonchev–Trinajstić information content (AvgIpc) is 2.03. The highest BCUT2D eigenvalue weighted by atomic mass is 16.5. The van der Waals surface area contributed by atoms with Crippen molar-refractivity contribution >= 4 is 0 Å². The maximum atomic E-state index is 8.64. The summed E-state index contributed by atoms with van der Waals surface area (Å²) in [4.78, 5) is 0. The van der Waals surface area contributed by atoms with Gasteiger partial charge in [-0.15, -0.1) is 0 Å². The zero-order chi connectivity index (χ0) is 9.68. The Morgan fingerprint density at radius 2 is 1.92 bits per heavy atom. The molecule has 78 valence electrons. The van der Waals surface area contributed by atoms with Crippen LogP contribution < -0.4 is 5.32 Å². The van der Waals surface area contributed by atoms with Crippen LogP contribution in [-0.2, 0) is 4.74 Å². The molecule has 0 amide bonds. The van der Waals surface area contributed by atoms with Crippen molar-refractivity contribution in [1.82, 2.24) is 5.32 Å². The van der Waals surface area contributed by atoms with Crippen LogP contribution in [0.25, 0.3) is 0 Å². The van der Waals surface area contributed by atoms with Crippen LogP contribution in [0.15, 0.2) is 0 Å². The number of ether oxygens (including phenoxy) is 1. The Morgan fingerprint density at radius 1 is 1.31 bits per heavy atom. The second-order valence-corrected chi connectivity index (χ2v) is 3.96. The summed E-state index contributed by atoms with van der Waals surface area (Å²) in [5, 5.41) is 12.1. The van der Waals surface area contributed by atoms with E-state index in [9.17, 15) is 0 Å². The zero-order valence-electron chi connectivity index (χ0n) is 8.62. The molecule has 1 aliphatic rings. The van der Waals surface area contributed by atoms with Crippen LogP contribution in [0.4, 0.5) is 0 Å². The molecule has 0 spiro atoms. The molecule has 1 unspecified atom stereocenters. The van der Waals surface area contributed by atoms with E-state index >= 15 is 0 Å². The van der Waals surface area contributed by atoms with Crippen molar-refractivity contribution in [2.24, 2.45) is 0 Å². The van der Waals surface area contributed by atoms with E-state index in [1.54, 1.807) is 0 Å². The monoisotopic (exact) mass is 187 g/mol. The molecule has 1 fully saturated rings. The van der Waals surface area contributed by atoms with E-state index < -0.39 is 0 Å². The topological polar surface area (TPSA) is 41.5 Å². The molecule has 1 rings (SSSR count). The van der Waals surface area contributed by atoms with Gasteiger partial charge in [0.05, 0.1) is 12.2 Å². The van der Waals surface area contributed by atoms with Crippen molar-refractivity contribution in [3.8, 4) is 0 Å². The summed E-state index contributed by atoms with van der Waals surface area (Å²) in [6.07, 6.45) is 3.77. The normalized spacial score (nSPS) is 34.8. The van der Waals surface area contributed by atoms with Crippen molar-refractivity contribution < 1.29 is 9.84 Å². The maximum Gasteiger partial charge on any atom is 0.0565 e. The van der Waals surface area contributed by atoms with Crippen molar-refractivity contribution in [3.05, 3.63) is 0 Å². The summed E-state index contributed by atoms with van der Waals surface area (Å²) in [6.45, 7) is 5.44. The lowest BCUT2D eigenvalue weighted by Gasteiger charge is -2.32. The molecule has 3 nitrogen and oxygen atoms in total. The summed E-state index contributed by atoms with van der Waals surface area (Å²) in [7, 11) is 0. The Morgan fingerprint density at radius 3 is 2.46 bits per heavy atom. The Balaban J connectivity index is 2.17. The quantitative estimate of drug-likeness (QED) is 0.643. The molecule has 1 heterocycles. The van der Waals surface area contributed by atoms with Gasteiger partial charge in [-0.05, 0) is 39.7 Å². The fraction of sp³-hybridized carbons (Fsp3) is 1.00. The molecule has 1 saturated heterocycles. The molecule has 3 atom stereocenters. The van der Waals surface area contributed by atoms with Crippen LogP contribution in [0.3, 0.4) is 0 Å². The van der Waals surface area contributed by atoms with Crippen LogP contribution >= 0.6 is 0 Å². The molecule has 0 aliphatic carbocycles. The highest BCUT2D eigenvalue weighted by Gasteiger charge is 2.23. The minimum atomic E-state index is 0.279. The van der Waals surface area contributed by atoms with Gasteiger partial charge in [-0.1, -0.05) is 0 Å². The highest BCUT2D eigenvalue weighted by Crippen LogP contribution is 2.18. The van der Waals surface area contributed by atoms with Gasteiger partial charge in [0.2, 0.25) is 0 Å². The lowest BCUT2D eigenvalue weighted by atomic mass is 10.00. The van der Waals surface area contributed by atoms with Gasteiger partial charge >= 0.3 is 0 Å². The van der Waals surface area contributed by atoms with E-state index in [0.29, 0.717) is 18.2 Å². The maximum absolute atomic E-state index is 8.64. The van der Waals surface area contributed by atoms with E-state index in [1.807, 2.05) is 0 Å². The molecule has 13 heavy (non-hydrogen) atoms. The predicted molar refractivity (Wildman–Crippen MR) is 52.7 cm³/mol. The number of aliphatic hydroxyl groups is 1. The molecular weight excluding hydrogens is 166 g/mol. The fourth-order valence-corrected chi connectivity index (χ4v) is 1.96. The third kappa shape index (κ3) is 4.07. The summed E-state index contributed by atoms with van der Waals surface area (Å²) >= 11 is 0. The summed E-state index contributed by atoms with van der Waals surface area (Å²) in [5.74, 6) is 0.